The highest BCUT2D eigenvalue weighted by molar-refractivity contribution is 7.91. The molecule has 2 aromatic carbocycles. The first kappa shape index (κ1) is 21.8. The fraction of sp³-hybridized carbons (Fsp3) is 0.364. The zero-order valence-electron chi connectivity index (χ0n) is 17.0. The van der Waals surface area contributed by atoms with Crippen molar-refractivity contribution < 1.29 is 22.3 Å². The molecule has 1 atom stereocenters. The van der Waals surface area contributed by atoms with Crippen molar-refractivity contribution in [1.82, 2.24) is 5.32 Å². The maximum Gasteiger partial charge on any atom is 0.408 e. The molecule has 0 bridgehead atoms. The molecule has 0 aromatic heterocycles. The van der Waals surface area contributed by atoms with Gasteiger partial charge in [-0.2, -0.15) is 5.26 Å². The van der Waals surface area contributed by atoms with E-state index in [1.165, 1.54) is 6.07 Å². The van der Waals surface area contributed by atoms with Gasteiger partial charge in [0.2, 0.25) is 0 Å². The average molecular weight is 431 g/mol. The predicted molar refractivity (Wildman–Crippen MR) is 110 cm³/mol. The van der Waals surface area contributed by atoms with Gasteiger partial charge < -0.3 is 10.1 Å². The highest BCUT2D eigenvalue weighted by Crippen LogP contribution is 2.31. The summed E-state index contributed by atoms with van der Waals surface area (Å²) in [7, 11) is -3.21. The Balaban J connectivity index is 1.76. The number of amides is 1. The number of sulfone groups is 1. The van der Waals surface area contributed by atoms with Crippen molar-refractivity contribution in [2.45, 2.75) is 50.2 Å². The summed E-state index contributed by atoms with van der Waals surface area (Å²) in [6.07, 6.45) is -1.50. The van der Waals surface area contributed by atoms with Crippen LogP contribution in [0.2, 0.25) is 0 Å². The van der Waals surface area contributed by atoms with E-state index in [0.29, 0.717) is 22.4 Å². The molecule has 0 saturated heterocycles. The molecule has 0 saturated carbocycles. The normalized spacial score (nSPS) is 15.7. The van der Waals surface area contributed by atoms with E-state index in [0.717, 1.165) is 5.56 Å². The lowest BCUT2D eigenvalue weighted by atomic mass is 9.99. The molecule has 0 spiro atoms. The van der Waals surface area contributed by atoms with Crippen LogP contribution in [-0.2, 0) is 27.4 Å². The van der Waals surface area contributed by atoms with E-state index in [2.05, 4.69) is 5.32 Å². The molecule has 1 N–H and O–H groups in total. The van der Waals surface area contributed by atoms with Gasteiger partial charge in [0.05, 0.1) is 10.6 Å². The number of halogens is 1. The smallest absolute Gasteiger partial charge is 0.408 e. The summed E-state index contributed by atoms with van der Waals surface area (Å²) in [5.74, 6) is -0.432. The fourth-order valence-corrected chi connectivity index (χ4v) is 4.83. The lowest BCUT2D eigenvalue weighted by Gasteiger charge is -2.21. The molecule has 158 valence electrons. The quantitative estimate of drug-likeness (QED) is 0.796. The molecule has 0 fully saturated rings. The molecule has 1 aliphatic heterocycles. The number of nitrogens with one attached hydrogen (secondary N) is 1. The number of nitrogens with zero attached hydrogens (tertiary/aromatic N) is 1. The third-order valence-corrected chi connectivity index (χ3v) is 6.51. The number of aryl methyl sites for hydroxylation is 1. The standard InChI is InChI=1S/C22H23FN2O4S/c1-22(2,3)25-21(26)29-18(13-24)11-16-5-4-15(12-19(16)23)14-6-7-20-17(10-14)8-9-30(20,27)28/h4-7,10,12,18H,8-9,11H2,1-3H3,(H,25,26)/t18-/m0/s1. The summed E-state index contributed by atoms with van der Waals surface area (Å²) in [4.78, 5) is 12.2. The van der Waals surface area contributed by atoms with E-state index in [9.17, 15) is 22.9 Å². The van der Waals surface area contributed by atoms with Crippen LogP contribution in [0.3, 0.4) is 0 Å². The number of fused-ring (bicyclic) bond motifs is 1. The van der Waals surface area contributed by atoms with Crippen molar-refractivity contribution in [2.75, 3.05) is 5.75 Å². The molecule has 0 aliphatic carbocycles. The largest absolute Gasteiger partial charge is 0.430 e. The molecular weight excluding hydrogens is 407 g/mol. The molecule has 2 aromatic rings. The Hall–Kier alpha value is -2.92. The second-order valence-electron chi connectivity index (χ2n) is 8.30. The van der Waals surface area contributed by atoms with Crippen LogP contribution in [0.1, 0.15) is 31.9 Å². The van der Waals surface area contributed by atoms with Gasteiger partial charge in [-0.15, -0.1) is 0 Å². The second kappa shape index (κ2) is 8.07. The number of benzene rings is 2. The van der Waals surface area contributed by atoms with Crippen LogP contribution >= 0.6 is 0 Å². The predicted octanol–water partition coefficient (Wildman–Crippen LogP) is 3.78. The Labute approximate surface area is 175 Å². The summed E-state index contributed by atoms with van der Waals surface area (Å²) in [6, 6.07) is 11.4. The van der Waals surface area contributed by atoms with Crippen molar-refractivity contribution in [1.29, 1.82) is 5.26 Å². The van der Waals surface area contributed by atoms with Crippen LogP contribution in [-0.4, -0.2) is 31.9 Å². The first-order chi connectivity index (χ1) is 14.0. The third kappa shape index (κ3) is 4.97. The van der Waals surface area contributed by atoms with Crippen molar-refractivity contribution in [3.05, 3.63) is 53.3 Å². The molecule has 0 unspecified atom stereocenters. The van der Waals surface area contributed by atoms with E-state index in [4.69, 9.17) is 4.74 Å². The van der Waals surface area contributed by atoms with Gasteiger partial charge in [-0.1, -0.05) is 18.2 Å². The van der Waals surface area contributed by atoms with E-state index < -0.39 is 33.4 Å². The molecule has 1 amide bonds. The van der Waals surface area contributed by atoms with E-state index in [-0.39, 0.29) is 17.7 Å². The number of hydrogen-bond acceptors (Lipinski definition) is 5. The molecule has 1 aliphatic rings. The number of carbonyl (C=O) groups is 1. The zero-order valence-corrected chi connectivity index (χ0v) is 17.8. The summed E-state index contributed by atoms with van der Waals surface area (Å²) >= 11 is 0. The van der Waals surface area contributed by atoms with Gasteiger partial charge in [0.15, 0.2) is 15.9 Å². The van der Waals surface area contributed by atoms with E-state index in [1.54, 1.807) is 51.1 Å². The Bertz CT molecular complexity index is 1130. The summed E-state index contributed by atoms with van der Waals surface area (Å²) in [5.41, 5.74) is 1.79. The van der Waals surface area contributed by atoms with E-state index in [1.807, 2.05) is 6.07 Å². The fourth-order valence-electron chi connectivity index (χ4n) is 3.28. The topological polar surface area (TPSA) is 96.3 Å². The number of alkyl carbamates (subject to hydrolysis) is 1. The first-order valence-corrected chi connectivity index (χ1v) is 11.2. The van der Waals surface area contributed by atoms with Gasteiger partial charge in [0.25, 0.3) is 0 Å². The monoisotopic (exact) mass is 430 g/mol. The second-order valence-corrected chi connectivity index (χ2v) is 10.4. The van der Waals surface area contributed by atoms with E-state index >= 15 is 0 Å². The molecule has 8 heteroatoms. The molecule has 3 rings (SSSR count). The summed E-state index contributed by atoms with van der Waals surface area (Å²) < 4.78 is 43.7. The lowest BCUT2D eigenvalue weighted by Crippen LogP contribution is -2.42. The van der Waals surface area contributed by atoms with Crippen LogP contribution in [0, 0.1) is 17.1 Å². The van der Waals surface area contributed by atoms with Crippen molar-refractivity contribution in [2.24, 2.45) is 0 Å². The van der Waals surface area contributed by atoms with Crippen molar-refractivity contribution in [3.63, 3.8) is 0 Å². The molecule has 1 heterocycles. The van der Waals surface area contributed by atoms with Crippen LogP contribution in [0.5, 0.6) is 0 Å². The van der Waals surface area contributed by atoms with Gasteiger partial charge in [0.1, 0.15) is 11.9 Å². The third-order valence-electron chi connectivity index (χ3n) is 4.70. The maximum atomic E-state index is 14.7. The SMILES string of the molecule is CC(C)(C)NC(=O)O[C@H](C#N)Cc1ccc(-c2ccc3c(c2)CCS3(=O)=O)cc1F. The summed E-state index contributed by atoms with van der Waals surface area (Å²) in [6.45, 7) is 5.34. The van der Waals surface area contributed by atoms with Crippen LogP contribution in [0.15, 0.2) is 41.3 Å². The highest BCUT2D eigenvalue weighted by Gasteiger charge is 2.26. The van der Waals surface area contributed by atoms with Crippen molar-refractivity contribution in [3.8, 4) is 17.2 Å². The molecular formula is C22H23FN2O4S. The molecule has 6 nitrogen and oxygen atoms in total. The minimum absolute atomic E-state index is 0.0807. The Kier molecular flexibility index (Phi) is 5.86. The molecule has 30 heavy (non-hydrogen) atoms. The van der Waals surface area contributed by atoms with Gasteiger partial charge in [-0.3, -0.25) is 0 Å². The number of rotatable bonds is 4. The first-order valence-electron chi connectivity index (χ1n) is 9.51. The van der Waals surface area contributed by atoms with Gasteiger partial charge in [-0.25, -0.2) is 17.6 Å². The maximum absolute atomic E-state index is 14.7. The average Bonchev–Trinajstić information content (AvgIpc) is 2.95. The molecule has 0 radical (unpaired) electrons. The van der Waals surface area contributed by atoms with Crippen molar-refractivity contribution >= 4 is 15.9 Å². The number of ether oxygens (including phenoxy) is 1. The van der Waals surface area contributed by atoms with Crippen LogP contribution in [0.25, 0.3) is 11.1 Å². The number of carbonyl (C=O) groups excluding carboxylic acids is 1. The zero-order chi connectivity index (χ0) is 22.1. The summed E-state index contributed by atoms with van der Waals surface area (Å²) in [5, 5.41) is 11.9. The van der Waals surface area contributed by atoms with Crippen LogP contribution < -0.4 is 5.32 Å². The Morgan fingerprint density at radius 3 is 2.53 bits per heavy atom. The number of hydrogen-bond donors (Lipinski definition) is 1. The van der Waals surface area contributed by atoms with Crippen LogP contribution in [0.4, 0.5) is 9.18 Å². The lowest BCUT2D eigenvalue weighted by molar-refractivity contribution is 0.114. The minimum Gasteiger partial charge on any atom is -0.430 e. The minimum atomic E-state index is -3.21. The van der Waals surface area contributed by atoms with Gasteiger partial charge >= 0.3 is 6.09 Å². The van der Waals surface area contributed by atoms with Gasteiger partial charge in [0, 0.05) is 12.0 Å². The highest BCUT2D eigenvalue weighted by atomic mass is 32.2. The number of nitriles is 1. The Morgan fingerprint density at radius 1 is 1.23 bits per heavy atom. The Morgan fingerprint density at radius 2 is 1.90 bits per heavy atom. The van der Waals surface area contributed by atoms with Gasteiger partial charge in [-0.05, 0) is 67.6 Å².